The van der Waals surface area contributed by atoms with E-state index in [0.717, 1.165) is 0 Å². The van der Waals surface area contributed by atoms with Crippen LogP contribution in [0, 0.1) is 3.57 Å². The van der Waals surface area contributed by atoms with Gasteiger partial charge in [-0.1, -0.05) is 0 Å². The number of carbonyl (C=O) groups excluding carboxylic acids is 1. The Balaban J connectivity index is 3.46. The van der Waals surface area contributed by atoms with Crippen LogP contribution in [0.1, 0.15) is 28.0 Å². The molecule has 0 amide bonds. The van der Waals surface area contributed by atoms with E-state index in [1.807, 2.05) is 0 Å². The lowest BCUT2D eigenvalue weighted by Gasteiger charge is -2.12. The van der Waals surface area contributed by atoms with Crippen LogP contribution in [0.3, 0.4) is 0 Å². The van der Waals surface area contributed by atoms with Crippen molar-refractivity contribution in [3.05, 3.63) is 26.6 Å². The van der Waals surface area contributed by atoms with Gasteiger partial charge in [0.2, 0.25) is 0 Å². The van der Waals surface area contributed by atoms with Crippen molar-refractivity contribution < 1.29 is 26.7 Å². The van der Waals surface area contributed by atoms with Gasteiger partial charge in [0.05, 0.1) is 11.1 Å². The molecule has 16 heavy (non-hydrogen) atoms. The van der Waals surface area contributed by atoms with Crippen LogP contribution in [0.2, 0.25) is 0 Å². The van der Waals surface area contributed by atoms with Gasteiger partial charge in [0, 0.05) is 9.77 Å². The first-order valence-electron chi connectivity index (χ1n) is 3.78. The van der Waals surface area contributed by atoms with E-state index in [0.29, 0.717) is 6.20 Å². The molecule has 0 saturated heterocycles. The summed E-state index contributed by atoms with van der Waals surface area (Å²) >= 11 is 1.20. The fraction of sp³-hybridized carbons (Fsp3) is 0.250. The predicted molar refractivity (Wildman–Crippen MR) is 52.3 cm³/mol. The summed E-state index contributed by atoms with van der Waals surface area (Å²) in [6.45, 7) is 0. The quantitative estimate of drug-likeness (QED) is 0.464. The molecule has 0 aliphatic carbocycles. The second kappa shape index (κ2) is 4.60. The molecule has 1 aromatic rings. The SMILES string of the molecule is O=Cc1c(C(F)F)ncc(C(F)(F)F)c1I. The van der Waals surface area contributed by atoms with Crippen LogP contribution in [-0.4, -0.2) is 11.3 Å². The molecule has 8 heteroatoms. The van der Waals surface area contributed by atoms with Crippen LogP contribution in [0.4, 0.5) is 22.0 Å². The van der Waals surface area contributed by atoms with Crippen molar-refractivity contribution in [2.45, 2.75) is 12.6 Å². The molecule has 0 bridgehead atoms. The van der Waals surface area contributed by atoms with Crippen LogP contribution in [0.15, 0.2) is 6.20 Å². The van der Waals surface area contributed by atoms with E-state index in [9.17, 15) is 26.7 Å². The number of aldehydes is 1. The maximum absolute atomic E-state index is 12.3. The highest BCUT2D eigenvalue weighted by molar-refractivity contribution is 14.1. The van der Waals surface area contributed by atoms with Crippen LogP contribution in [0.5, 0.6) is 0 Å². The van der Waals surface area contributed by atoms with Crippen LogP contribution >= 0.6 is 22.6 Å². The van der Waals surface area contributed by atoms with E-state index < -0.39 is 33.0 Å². The number of halogens is 6. The third-order valence-corrected chi connectivity index (χ3v) is 2.87. The molecule has 0 unspecified atom stereocenters. The van der Waals surface area contributed by atoms with Crippen molar-refractivity contribution >= 4 is 28.9 Å². The molecule has 0 atom stereocenters. The summed E-state index contributed by atoms with van der Waals surface area (Å²) in [5.41, 5.74) is -2.85. The molecule has 0 spiro atoms. The van der Waals surface area contributed by atoms with Crippen molar-refractivity contribution in [1.82, 2.24) is 4.98 Å². The molecule has 88 valence electrons. The van der Waals surface area contributed by atoms with E-state index in [4.69, 9.17) is 0 Å². The summed E-state index contributed by atoms with van der Waals surface area (Å²) in [5, 5.41) is 0. The molecule has 2 nitrogen and oxygen atoms in total. The van der Waals surface area contributed by atoms with Gasteiger partial charge >= 0.3 is 6.18 Å². The average Bonchev–Trinajstić information content (AvgIpc) is 2.14. The highest BCUT2D eigenvalue weighted by Crippen LogP contribution is 2.35. The van der Waals surface area contributed by atoms with Gasteiger partial charge in [-0.3, -0.25) is 9.78 Å². The Bertz CT molecular complexity index is 418. The fourth-order valence-corrected chi connectivity index (χ4v) is 1.85. The first-order chi connectivity index (χ1) is 7.29. The topological polar surface area (TPSA) is 30.0 Å². The standard InChI is InChI=1S/C8H3F5INO/c9-7(10)6-3(2-16)5(14)4(1-15-6)8(11,12)13/h1-2,7H. The summed E-state index contributed by atoms with van der Waals surface area (Å²) < 4.78 is 61.1. The van der Waals surface area contributed by atoms with Gasteiger partial charge in [0.15, 0.2) is 6.29 Å². The molecular weight excluding hydrogens is 348 g/mol. The molecule has 0 aliphatic heterocycles. The lowest BCUT2D eigenvalue weighted by Crippen LogP contribution is -2.12. The maximum Gasteiger partial charge on any atom is 0.418 e. The second-order valence-electron chi connectivity index (χ2n) is 2.70. The number of hydrogen-bond donors (Lipinski definition) is 0. The molecule has 0 aliphatic rings. The molecule has 1 rings (SSSR count). The van der Waals surface area contributed by atoms with Crippen molar-refractivity contribution in [2.75, 3.05) is 0 Å². The molecule has 1 heterocycles. The van der Waals surface area contributed by atoms with Crippen molar-refractivity contribution in [1.29, 1.82) is 0 Å². The summed E-state index contributed by atoms with van der Waals surface area (Å²) in [4.78, 5) is 13.5. The smallest absolute Gasteiger partial charge is 0.298 e. The fourth-order valence-electron chi connectivity index (χ4n) is 1.00. The van der Waals surface area contributed by atoms with Crippen molar-refractivity contribution in [3.63, 3.8) is 0 Å². The monoisotopic (exact) mass is 351 g/mol. The highest BCUT2D eigenvalue weighted by Gasteiger charge is 2.35. The summed E-state index contributed by atoms with van der Waals surface area (Å²) in [6.07, 6.45) is -7.56. The first-order valence-corrected chi connectivity index (χ1v) is 4.85. The molecule has 0 aromatic carbocycles. The van der Waals surface area contributed by atoms with Gasteiger partial charge < -0.3 is 0 Å². The largest absolute Gasteiger partial charge is 0.418 e. The number of alkyl halides is 5. The molecular formula is C8H3F5INO. The van der Waals surface area contributed by atoms with E-state index in [-0.39, 0.29) is 6.29 Å². The zero-order chi connectivity index (χ0) is 12.5. The number of pyridine rings is 1. The summed E-state index contributed by atoms with van der Waals surface area (Å²) in [7, 11) is 0. The molecule has 1 aromatic heterocycles. The lowest BCUT2D eigenvalue weighted by atomic mass is 10.1. The van der Waals surface area contributed by atoms with Crippen LogP contribution in [-0.2, 0) is 6.18 Å². The average molecular weight is 351 g/mol. The molecule has 0 radical (unpaired) electrons. The minimum Gasteiger partial charge on any atom is -0.298 e. The number of hydrogen-bond acceptors (Lipinski definition) is 2. The first kappa shape index (κ1) is 13.3. The zero-order valence-corrected chi connectivity index (χ0v) is 9.51. The Hall–Kier alpha value is -0.800. The predicted octanol–water partition coefficient (Wildman–Crippen LogP) is 3.46. The minimum atomic E-state index is -4.72. The van der Waals surface area contributed by atoms with E-state index in [1.54, 1.807) is 0 Å². The molecule has 0 N–H and O–H groups in total. The third-order valence-electron chi connectivity index (χ3n) is 1.71. The van der Waals surface area contributed by atoms with E-state index in [2.05, 4.69) is 4.98 Å². The number of rotatable bonds is 2. The Morgan fingerprint density at radius 1 is 1.38 bits per heavy atom. The number of nitrogens with zero attached hydrogens (tertiary/aromatic N) is 1. The lowest BCUT2D eigenvalue weighted by molar-refractivity contribution is -0.138. The Labute approximate surface area is 100.0 Å². The highest BCUT2D eigenvalue weighted by atomic mass is 127. The Kier molecular flexibility index (Phi) is 3.81. The van der Waals surface area contributed by atoms with Crippen LogP contribution in [0.25, 0.3) is 0 Å². The van der Waals surface area contributed by atoms with Gasteiger partial charge in [-0.05, 0) is 22.6 Å². The number of carbonyl (C=O) groups is 1. The minimum absolute atomic E-state index is 0.0501. The maximum atomic E-state index is 12.3. The third kappa shape index (κ3) is 2.47. The zero-order valence-electron chi connectivity index (χ0n) is 7.36. The Morgan fingerprint density at radius 2 is 1.94 bits per heavy atom. The second-order valence-corrected chi connectivity index (χ2v) is 3.78. The number of aromatic nitrogens is 1. The van der Waals surface area contributed by atoms with Crippen molar-refractivity contribution in [2.24, 2.45) is 0 Å². The van der Waals surface area contributed by atoms with Gasteiger partial charge in [0.1, 0.15) is 5.69 Å². The molecule has 0 saturated carbocycles. The Morgan fingerprint density at radius 3 is 2.31 bits per heavy atom. The van der Waals surface area contributed by atoms with Crippen LogP contribution < -0.4 is 0 Å². The van der Waals surface area contributed by atoms with Gasteiger partial charge in [-0.15, -0.1) is 0 Å². The van der Waals surface area contributed by atoms with E-state index >= 15 is 0 Å². The van der Waals surface area contributed by atoms with Gasteiger partial charge in [0.25, 0.3) is 6.43 Å². The van der Waals surface area contributed by atoms with Crippen molar-refractivity contribution in [3.8, 4) is 0 Å². The normalized spacial score (nSPS) is 11.9. The molecule has 0 fully saturated rings. The van der Waals surface area contributed by atoms with E-state index in [1.165, 1.54) is 22.6 Å². The summed E-state index contributed by atoms with van der Waals surface area (Å²) in [5.74, 6) is 0. The summed E-state index contributed by atoms with van der Waals surface area (Å²) in [6, 6.07) is 0. The van der Waals surface area contributed by atoms with Gasteiger partial charge in [-0.2, -0.15) is 13.2 Å². The van der Waals surface area contributed by atoms with Gasteiger partial charge in [-0.25, -0.2) is 8.78 Å².